The molecule has 21 heavy (non-hydrogen) atoms. The van der Waals surface area contributed by atoms with E-state index in [4.69, 9.17) is 16.3 Å². The molecule has 3 heteroatoms. The maximum atomic E-state index is 6.14. The second kappa shape index (κ2) is 8.77. The minimum Gasteiger partial charge on any atom is -0.377 e. The molecular weight excluding hydrogens is 282 g/mol. The van der Waals surface area contributed by atoms with Crippen molar-refractivity contribution in [2.24, 2.45) is 5.92 Å². The highest BCUT2D eigenvalue weighted by molar-refractivity contribution is 6.30. The van der Waals surface area contributed by atoms with Crippen LogP contribution in [0, 0.1) is 5.92 Å². The predicted molar refractivity (Wildman–Crippen MR) is 90.0 cm³/mol. The smallest absolute Gasteiger partial charge is 0.0759 e. The van der Waals surface area contributed by atoms with Crippen LogP contribution in [-0.4, -0.2) is 25.8 Å². The highest BCUT2D eigenvalue weighted by Gasteiger charge is 2.30. The van der Waals surface area contributed by atoms with Gasteiger partial charge in [0.05, 0.1) is 6.10 Å². The Morgan fingerprint density at radius 1 is 1.29 bits per heavy atom. The van der Waals surface area contributed by atoms with Gasteiger partial charge in [-0.25, -0.2) is 0 Å². The summed E-state index contributed by atoms with van der Waals surface area (Å²) < 4.78 is 6.14. The summed E-state index contributed by atoms with van der Waals surface area (Å²) in [6.07, 6.45) is 7.96. The van der Waals surface area contributed by atoms with Crippen LogP contribution in [0.5, 0.6) is 0 Å². The zero-order valence-corrected chi connectivity index (χ0v) is 14.0. The highest BCUT2D eigenvalue weighted by atomic mass is 35.5. The van der Waals surface area contributed by atoms with Crippen LogP contribution in [0.3, 0.4) is 0 Å². The Morgan fingerprint density at radius 2 is 2.05 bits per heavy atom. The standard InChI is InChI=1S/C18H28ClNO/c1-3-21-18(15-9-5-4-6-10-15)17(20-2)13-14-8-7-11-16(19)12-14/h7-8,11-12,15,17-18,20H,3-6,9-10,13H2,1-2H3. The molecular formula is C18H28ClNO. The van der Waals surface area contributed by atoms with Gasteiger partial charge >= 0.3 is 0 Å². The monoisotopic (exact) mass is 309 g/mol. The summed E-state index contributed by atoms with van der Waals surface area (Å²) in [4.78, 5) is 0. The van der Waals surface area contributed by atoms with Gasteiger partial charge in [-0.15, -0.1) is 0 Å². The first-order valence-electron chi connectivity index (χ1n) is 8.28. The minimum atomic E-state index is 0.305. The molecule has 0 spiro atoms. The Hall–Kier alpha value is -0.570. The summed E-state index contributed by atoms with van der Waals surface area (Å²) >= 11 is 6.11. The fraction of sp³-hybridized carbons (Fsp3) is 0.667. The molecule has 1 aromatic rings. The number of halogens is 1. The second-order valence-corrected chi connectivity index (χ2v) is 6.48. The lowest BCUT2D eigenvalue weighted by atomic mass is 9.81. The molecule has 0 aliphatic heterocycles. The molecule has 2 nitrogen and oxygen atoms in total. The molecule has 1 saturated carbocycles. The summed E-state index contributed by atoms with van der Waals surface area (Å²) in [7, 11) is 2.05. The van der Waals surface area contributed by atoms with Crippen LogP contribution in [0.1, 0.15) is 44.6 Å². The third-order valence-electron chi connectivity index (χ3n) is 4.59. The van der Waals surface area contributed by atoms with Crippen LogP contribution in [0.2, 0.25) is 5.02 Å². The van der Waals surface area contributed by atoms with Crippen LogP contribution in [-0.2, 0) is 11.2 Å². The lowest BCUT2D eigenvalue weighted by Crippen LogP contribution is -2.46. The predicted octanol–water partition coefficient (Wildman–Crippen LogP) is 4.46. The number of likely N-dealkylation sites (N-methyl/N-ethyl adjacent to an activating group) is 1. The number of ether oxygens (including phenoxy) is 1. The van der Waals surface area contributed by atoms with Gasteiger partial charge in [0, 0.05) is 17.7 Å². The second-order valence-electron chi connectivity index (χ2n) is 6.05. The molecule has 0 bridgehead atoms. The maximum Gasteiger partial charge on any atom is 0.0759 e. The molecule has 1 fully saturated rings. The van der Waals surface area contributed by atoms with Crippen LogP contribution < -0.4 is 5.32 Å². The van der Waals surface area contributed by atoms with Gasteiger partial charge in [0.2, 0.25) is 0 Å². The maximum absolute atomic E-state index is 6.14. The van der Waals surface area contributed by atoms with Crippen molar-refractivity contribution in [3.8, 4) is 0 Å². The summed E-state index contributed by atoms with van der Waals surface area (Å²) in [6, 6.07) is 8.53. The first-order chi connectivity index (χ1) is 10.2. The third kappa shape index (κ3) is 4.98. The molecule has 0 aromatic heterocycles. The zero-order valence-electron chi connectivity index (χ0n) is 13.3. The molecule has 1 N–H and O–H groups in total. The highest BCUT2D eigenvalue weighted by Crippen LogP contribution is 2.30. The van der Waals surface area contributed by atoms with Crippen LogP contribution in [0.4, 0.5) is 0 Å². The van der Waals surface area contributed by atoms with E-state index in [9.17, 15) is 0 Å². The lowest BCUT2D eigenvalue weighted by Gasteiger charge is -2.35. The molecule has 2 unspecified atom stereocenters. The molecule has 1 aliphatic carbocycles. The SMILES string of the molecule is CCOC(C1CCCCC1)C(Cc1cccc(Cl)c1)NC. The van der Waals surface area contributed by atoms with Gasteiger partial charge in [-0.2, -0.15) is 0 Å². The fourth-order valence-corrected chi connectivity index (χ4v) is 3.75. The van der Waals surface area contributed by atoms with E-state index in [2.05, 4.69) is 24.4 Å². The van der Waals surface area contributed by atoms with E-state index in [1.807, 2.05) is 19.2 Å². The first kappa shape index (κ1) is 16.8. The van der Waals surface area contributed by atoms with Crippen molar-refractivity contribution in [1.82, 2.24) is 5.32 Å². The van der Waals surface area contributed by atoms with Gasteiger partial charge in [0.15, 0.2) is 0 Å². The molecule has 0 saturated heterocycles. The molecule has 118 valence electrons. The summed E-state index contributed by atoms with van der Waals surface area (Å²) in [5.74, 6) is 0.690. The van der Waals surface area contributed by atoms with Gasteiger partial charge < -0.3 is 10.1 Å². The van der Waals surface area contributed by atoms with Crippen molar-refractivity contribution >= 4 is 11.6 Å². The first-order valence-corrected chi connectivity index (χ1v) is 8.65. The number of hydrogen-bond acceptors (Lipinski definition) is 2. The summed E-state index contributed by atoms with van der Waals surface area (Å²) in [5, 5.41) is 4.30. The molecule has 0 amide bonds. The van der Waals surface area contributed by atoms with E-state index in [0.717, 1.165) is 18.1 Å². The molecule has 1 aromatic carbocycles. The Balaban J connectivity index is 2.07. The molecule has 0 radical (unpaired) electrons. The molecule has 2 atom stereocenters. The average Bonchev–Trinajstić information content (AvgIpc) is 2.51. The number of rotatable bonds is 7. The van der Waals surface area contributed by atoms with Crippen molar-refractivity contribution < 1.29 is 4.74 Å². The Bertz CT molecular complexity index is 417. The zero-order chi connectivity index (χ0) is 15.1. The minimum absolute atomic E-state index is 0.305. The van der Waals surface area contributed by atoms with Gasteiger partial charge in [-0.3, -0.25) is 0 Å². The largest absolute Gasteiger partial charge is 0.377 e. The van der Waals surface area contributed by atoms with Crippen LogP contribution in [0.15, 0.2) is 24.3 Å². The Kier molecular flexibility index (Phi) is 7.01. The van der Waals surface area contributed by atoms with Gasteiger partial charge in [0.1, 0.15) is 0 Å². The van der Waals surface area contributed by atoms with E-state index in [-0.39, 0.29) is 0 Å². The van der Waals surface area contributed by atoms with E-state index in [1.165, 1.54) is 37.7 Å². The number of hydrogen-bond donors (Lipinski definition) is 1. The van der Waals surface area contributed by atoms with Gasteiger partial charge in [0.25, 0.3) is 0 Å². The van der Waals surface area contributed by atoms with E-state index < -0.39 is 0 Å². The fourth-order valence-electron chi connectivity index (χ4n) is 3.54. The molecule has 0 heterocycles. The number of benzene rings is 1. The van der Waals surface area contributed by atoms with Crippen molar-refractivity contribution in [1.29, 1.82) is 0 Å². The van der Waals surface area contributed by atoms with Crippen molar-refractivity contribution in [3.63, 3.8) is 0 Å². The van der Waals surface area contributed by atoms with Crippen molar-refractivity contribution in [3.05, 3.63) is 34.9 Å². The summed E-state index contributed by atoms with van der Waals surface area (Å²) in [5.41, 5.74) is 1.28. The van der Waals surface area contributed by atoms with E-state index in [0.29, 0.717) is 18.1 Å². The van der Waals surface area contributed by atoms with Gasteiger partial charge in [-0.1, -0.05) is 43.0 Å². The van der Waals surface area contributed by atoms with Crippen molar-refractivity contribution in [2.45, 2.75) is 57.6 Å². The Morgan fingerprint density at radius 3 is 2.67 bits per heavy atom. The molecule has 2 rings (SSSR count). The van der Waals surface area contributed by atoms with E-state index >= 15 is 0 Å². The normalized spacial score (nSPS) is 19.4. The lowest BCUT2D eigenvalue weighted by molar-refractivity contribution is -0.0159. The van der Waals surface area contributed by atoms with Crippen molar-refractivity contribution in [2.75, 3.05) is 13.7 Å². The quantitative estimate of drug-likeness (QED) is 0.803. The number of nitrogens with one attached hydrogen (secondary N) is 1. The van der Waals surface area contributed by atoms with E-state index in [1.54, 1.807) is 0 Å². The summed E-state index contributed by atoms with van der Waals surface area (Å²) in [6.45, 7) is 2.89. The third-order valence-corrected chi connectivity index (χ3v) is 4.82. The molecule has 1 aliphatic rings. The van der Waals surface area contributed by atoms with Crippen LogP contribution in [0.25, 0.3) is 0 Å². The topological polar surface area (TPSA) is 21.3 Å². The van der Waals surface area contributed by atoms with Gasteiger partial charge in [-0.05, 0) is 56.8 Å². The van der Waals surface area contributed by atoms with Crippen LogP contribution >= 0.6 is 11.6 Å². The Labute approximate surface area is 134 Å². The average molecular weight is 310 g/mol.